The first-order valence-corrected chi connectivity index (χ1v) is 12.0. The molecule has 0 unspecified atom stereocenters. The van der Waals surface area contributed by atoms with E-state index in [0.717, 1.165) is 0 Å². The largest absolute Gasteiger partial charge is 0.394 e. The third-order valence-electron chi connectivity index (χ3n) is 0.994. The van der Waals surface area contributed by atoms with Crippen molar-refractivity contribution >= 4 is 36.6 Å². The second-order valence-corrected chi connectivity index (χ2v) is 10.5. The molecule has 0 spiro atoms. The molecule has 12 heteroatoms. The van der Waals surface area contributed by atoms with Gasteiger partial charge in [-0.1, -0.05) is 0 Å². The molecule has 0 atom stereocenters. The Kier molecular flexibility index (Phi) is 15.0. The molecule has 0 saturated heterocycles. The van der Waals surface area contributed by atoms with Gasteiger partial charge in [0, 0.05) is 0 Å². The molecule has 0 radical (unpaired) electrons. The van der Waals surface area contributed by atoms with Crippen molar-refractivity contribution in [2.75, 3.05) is 39.0 Å². The van der Waals surface area contributed by atoms with Crippen molar-refractivity contribution < 1.29 is 35.0 Å². The van der Waals surface area contributed by atoms with Crippen molar-refractivity contribution in [3.8, 4) is 0 Å². The lowest BCUT2D eigenvalue weighted by molar-refractivity contribution is 0.378. The summed E-state index contributed by atoms with van der Waals surface area (Å²) in [4.78, 5) is 0. The Labute approximate surface area is 111 Å². The average Bonchev–Trinajstić information content (AvgIpc) is 1.93. The first-order chi connectivity index (χ1) is 7.63. The topological polar surface area (TPSA) is 149 Å². The predicted molar refractivity (Wildman–Crippen MR) is 75.6 cm³/mol. The van der Waals surface area contributed by atoms with Gasteiger partial charge in [0.15, 0.2) is 0 Å². The van der Waals surface area contributed by atoms with Crippen molar-refractivity contribution in [1.29, 1.82) is 0 Å². The van der Waals surface area contributed by atoms with Crippen LogP contribution in [0.15, 0.2) is 0 Å². The molecule has 0 aliphatic heterocycles. The van der Waals surface area contributed by atoms with Gasteiger partial charge in [0.1, 0.15) is 0 Å². The highest BCUT2D eigenvalue weighted by atomic mass is 32.3. The fraction of sp³-hybridized carbons (Fsp3) is 1.00. The maximum absolute atomic E-state index is 8.74. The molecule has 0 fully saturated rings. The third-order valence-corrected chi connectivity index (χ3v) is 3.58. The quantitative estimate of drug-likeness (QED) is 0.439. The summed E-state index contributed by atoms with van der Waals surface area (Å²) < 4.78 is 63.2. The van der Waals surface area contributed by atoms with Crippen LogP contribution in [0.3, 0.4) is 0 Å². The fourth-order valence-electron chi connectivity index (χ4n) is 0.400. The first-order valence-electron chi connectivity index (χ1n) is 4.32. The summed E-state index contributed by atoms with van der Waals surface area (Å²) in [6.07, 6.45) is 2.96. The maximum Gasteiger partial charge on any atom is 0.394 e. The van der Waals surface area contributed by atoms with Crippen LogP contribution in [0.5, 0.6) is 0 Å². The lowest BCUT2D eigenvalue weighted by Gasteiger charge is -2.07. The monoisotopic (exact) mass is 346 g/mol. The lowest BCUT2D eigenvalue weighted by atomic mass is 11.0. The summed E-state index contributed by atoms with van der Waals surface area (Å²) in [6.45, 7) is 9.42. The third kappa shape index (κ3) is 129. The number of hydrogen-bond acceptors (Lipinski definition) is 4. The van der Waals surface area contributed by atoms with Gasteiger partial charge >= 0.3 is 20.8 Å². The van der Waals surface area contributed by atoms with E-state index in [2.05, 4.69) is 26.7 Å². The van der Waals surface area contributed by atoms with E-state index in [4.69, 9.17) is 35.0 Å². The van der Waals surface area contributed by atoms with Crippen LogP contribution < -0.4 is 0 Å². The van der Waals surface area contributed by atoms with Crippen LogP contribution in [0.1, 0.15) is 0 Å². The minimum Gasteiger partial charge on any atom is -0.264 e. The molecule has 4 N–H and O–H groups in total. The van der Waals surface area contributed by atoms with Crippen molar-refractivity contribution in [2.45, 2.75) is 0 Å². The smallest absolute Gasteiger partial charge is 0.264 e. The van der Waals surface area contributed by atoms with Crippen LogP contribution >= 0.6 is 15.8 Å². The van der Waals surface area contributed by atoms with Crippen LogP contribution in [0.2, 0.25) is 0 Å². The van der Waals surface area contributed by atoms with E-state index in [9.17, 15) is 0 Å². The number of hydrogen-bond donors (Lipinski definition) is 4. The number of rotatable bonds is 3. The zero-order valence-corrected chi connectivity index (χ0v) is 14.0. The van der Waals surface area contributed by atoms with Gasteiger partial charge < -0.3 is 0 Å². The Morgan fingerprint density at radius 2 is 0.778 bits per heavy atom. The highest BCUT2D eigenvalue weighted by Crippen LogP contribution is 2.32. The molecule has 0 aliphatic carbocycles. The molecule has 0 bridgehead atoms. The molecule has 8 nitrogen and oxygen atoms in total. The molecule has 0 aromatic carbocycles. The van der Waals surface area contributed by atoms with Crippen LogP contribution in [0.25, 0.3) is 0 Å². The van der Waals surface area contributed by atoms with Crippen LogP contribution in [-0.4, -0.2) is 74.0 Å². The predicted octanol–water partition coefficient (Wildman–Crippen LogP) is 1.16. The van der Waals surface area contributed by atoms with Crippen LogP contribution in [-0.2, 0) is 20.8 Å². The molecule has 0 aromatic heterocycles. The maximum atomic E-state index is 8.74. The SMILES string of the molecule is CP(C)CCP(C)C.O=S(=O)(O)O.O=S(=O)(O)O. The average molecular weight is 346 g/mol. The van der Waals surface area contributed by atoms with Crippen LogP contribution in [0, 0.1) is 0 Å². The van der Waals surface area contributed by atoms with Crippen molar-refractivity contribution in [3.63, 3.8) is 0 Å². The summed E-state index contributed by atoms with van der Waals surface area (Å²) in [7, 11) is -8.57. The van der Waals surface area contributed by atoms with Gasteiger partial charge in [0.05, 0.1) is 0 Å². The van der Waals surface area contributed by atoms with Gasteiger partial charge in [-0.05, 0) is 39.0 Å². The van der Waals surface area contributed by atoms with Gasteiger partial charge in [-0.25, -0.2) is 0 Å². The van der Waals surface area contributed by atoms with Gasteiger partial charge in [-0.15, -0.1) is 15.8 Å². The second kappa shape index (κ2) is 11.4. The van der Waals surface area contributed by atoms with Gasteiger partial charge in [-0.3, -0.25) is 18.2 Å². The van der Waals surface area contributed by atoms with E-state index in [0.29, 0.717) is 15.8 Å². The van der Waals surface area contributed by atoms with Crippen molar-refractivity contribution in [2.24, 2.45) is 0 Å². The van der Waals surface area contributed by atoms with Crippen molar-refractivity contribution in [1.82, 2.24) is 0 Å². The first kappa shape index (κ1) is 23.7. The highest BCUT2D eigenvalue weighted by Gasteiger charge is 1.94. The fourth-order valence-corrected chi connectivity index (χ4v) is 3.60. The normalized spacial score (nSPS) is 11.4. The summed E-state index contributed by atoms with van der Waals surface area (Å²) in [6, 6.07) is 0. The Balaban J connectivity index is -0.000000197. The highest BCUT2D eigenvalue weighted by molar-refractivity contribution is 7.80. The van der Waals surface area contributed by atoms with E-state index in [1.165, 1.54) is 12.3 Å². The van der Waals surface area contributed by atoms with E-state index in [1.54, 1.807) is 0 Å². The molecular formula is C6H20O8P2S2. The Bertz CT molecular complexity index is 320. The molecule has 0 aliphatic rings. The molecular weight excluding hydrogens is 326 g/mol. The van der Waals surface area contributed by atoms with Gasteiger partial charge in [0.25, 0.3) is 0 Å². The summed E-state index contributed by atoms with van der Waals surface area (Å²) in [5, 5.41) is 0. The van der Waals surface area contributed by atoms with Gasteiger partial charge in [-0.2, -0.15) is 16.8 Å². The molecule has 0 aromatic rings. The molecule has 0 heterocycles. The van der Waals surface area contributed by atoms with E-state index in [1.807, 2.05) is 0 Å². The summed E-state index contributed by atoms with van der Waals surface area (Å²) in [5.74, 6) is 0. The lowest BCUT2D eigenvalue weighted by Crippen LogP contribution is -1.89. The molecule has 0 rings (SSSR count). The zero-order valence-electron chi connectivity index (χ0n) is 10.5. The standard InChI is InChI=1S/C6H16P2.2H2O4S/c1-7(2)5-6-8(3)4;2*1-5(2,3)4/h5-6H2,1-4H3;2*(H2,1,2,3,4). The molecule has 114 valence electrons. The Morgan fingerprint density at radius 1 is 0.667 bits per heavy atom. The van der Waals surface area contributed by atoms with Gasteiger partial charge in [0.2, 0.25) is 0 Å². The summed E-state index contributed by atoms with van der Waals surface area (Å²) >= 11 is 0. The molecule has 0 amide bonds. The van der Waals surface area contributed by atoms with Crippen LogP contribution in [0.4, 0.5) is 0 Å². The molecule has 18 heavy (non-hydrogen) atoms. The Morgan fingerprint density at radius 3 is 0.833 bits per heavy atom. The minimum absolute atomic E-state index is 0.383. The van der Waals surface area contributed by atoms with E-state index >= 15 is 0 Å². The molecule has 0 saturated carbocycles. The zero-order chi connectivity index (χ0) is 15.6. The minimum atomic E-state index is -4.67. The van der Waals surface area contributed by atoms with E-state index in [-0.39, 0.29) is 0 Å². The second-order valence-electron chi connectivity index (χ2n) is 3.50. The Hall–Kier alpha value is 0.600. The van der Waals surface area contributed by atoms with E-state index < -0.39 is 20.8 Å². The summed E-state index contributed by atoms with van der Waals surface area (Å²) in [5.41, 5.74) is 0. The van der Waals surface area contributed by atoms with Crippen molar-refractivity contribution in [3.05, 3.63) is 0 Å².